The number of nitrogens with zero attached hydrogens (tertiary/aromatic N) is 1. The van der Waals surface area contributed by atoms with E-state index in [9.17, 15) is 4.79 Å². The third-order valence-corrected chi connectivity index (χ3v) is 4.07. The summed E-state index contributed by atoms with van der Waals surface area (Å²) in [5.41, 5.74) is 0. The molecule has 3 atom stereocenters. The fraction of sp³-hybridized carbons (Fsp3) is 0.389. The van der Waals surface area contributed by atoms with Crippen LogP contribution in [0.3, 0.4) is 0 Å². The highest BCUT2D eigenvalue weighted by Crippen LogP contribution is 2.33. The van der Waals surface area contributed by atoms with Gasteiger partial charge in [0, 0.05) is 6.54 Å². The predicted molar refractivity (Wildman–Crippen MR) is 89.1 cm³/mol. The topological polar surface area (TPSA) is 63.9 Å². The smallest absolute Gasteiger partial charge is 0.265 e. The number of fused-ring (bicyclic) bond motifs is 1. The Labute approximate surface area is 141 Å². The van der Waals surface area contributed by atoms with Crippen molar-refractivity contribution in [2.24, 2.45) is 0 Å². The molecular formula is C18H22N2O4. The van der Waals surface area contributed by atoms with Crippen molar-refractivity contribution in [2.45, 2.75) is 25.2 Å². The first-order valence-corrected chi connectivity index (χ1v) is 7.96. The molecule has 2 aromatic rings. The lowest BCUT2D eigenvalue weighted by molar-refractivity contribution is -0.133. The highest BCUT2D eigenvalue weighted by molar-refractivity contribution is 5.82. The maximum atomic E-state index is 12.5. The van der Waals surface area contributed by atoms with Gasteiger partial charge >= 0.3 is 0 Å². The predicted octanol–water partition coefficient (Wildman–Crippen LogP) is 2.23. The zero-order valence-electron chi connectivity index (χ0n) is 14.1. The summed E-state index contributed by atoms with van der Waals surface area (Å²) in [5.74, 6) is 1.86. The number of nitrogens with one attached hydrogen (secondary N) is 1. The van der Waals surface area contributed by atoms with E-state index in [-0.39, 0.29) is 18.1 Å². The first-order valence-electron chi connectivity index (χ1n) is 7.96. The highest BCUT2D eigenvalue weighted by Gasteiger charge is 2.34. The van der Waals surface area contributed by atoms with Crippen molar-refractivity contribution in [1.29, 1.82) is 0 Å². The number of hydrogen-bond acceptors (Lipinski definition) is 5. The summed E-state index contributed by atoms with van der Waals surface area (Å²) < 4.78 is 17.0. The van der Waals surface area contributed by atoms with E-state index in [2.05, 4.69) is 5.32 Å². The van der Waals surface area contributed by atoms with E-state index in [0.29, 0.717) is 18.0 Å². The maximum absolute atomic E-state index is 12.5. The molecule has 3 rings (SSSR count). The Balaban J connectivity index is 1.64. The van der Waals surface area contributed by atoms with Crippen LogP contribution in [0.1, 0.15) is 18.7 Å². The molecule has 0 aliphatic carbocycles. The van der Waals surface area contributed by atoms with E-state index in [1.807, 2.05) is 56.3 Å². The molecule has 0 bridgehead atoms. The van der Waals surface area contributed by atoms with E-state index < -0.39 is 6.10 Å². The van der Waals surface area contributed by atoms with Crippen LogP contribution >= 0.6 is 0 Å². The Hall–Kier alpha value is -2.47. The molecule has 6 nitrogen and oxygen atoms in total. The normalized spacial score (nSPS) is 20.7. The second kappa shape index (κ2) is 6.97. The minimum atomic E-state index is -0.681. The molecule has 0 saturated heterocycles. The molecule has 1 N–H and O–H groups in total. The number of benzene rings is 1. The molecular weight excluding hydrogens is 308 g/mol. The van der Waals surface area contributed by atoms with Crippen LogP contribution in [-0.2, 0) is 4.79 Å². The van der Waals surface area contributed by atoms with Gasteiger partial charge in [0.25, 0.3) is 5.91 Å². The van der Waals surface area contributed by atoms with Gasteiger partial charge in [0.05, 0.1) is 12.3 Å². The van der Waals surface area contributed by atoms with Gasteiger partial charge in [0.2, 0.25) is 6.10 Å². The molecule has 1 aromatic carbocycles. The van der Waals surface area contributed by atoms with Gasteiger partial charge in [-0.2, -0.15) is 0 Å². The molecule has 0 unspecified atom stereocenters. The quantitative estimate of drug-likeness (QED) is 0.911. The third-order valence-electron chi connectivity index (χ3n) is 4.07. The summed E-state index contributed by atoms with van der Waals surface area (Å²) in [6, 6.07) is 11.1. The van der Waals surface area contributed by atoms with Crippen LogP contribution in [0.15, 0.2) is 47.1 Å². The Kier molecular flexibility index (Phi) is 4.76. The first-order chi connectivity index (χ1) is 11.6. The van der Waals surface area contributed by atoms with Crippen molar-refractivity contribution >= 4 is 5.91 Å². The van der Waals surface area contributed by atoms with Crippen LogP contribution in [0, 0.1) is 0 Å². The minimum absolute atomic E-state index is 0.0453. The number of carbonyl (C=O) groups excluding carboxylic acids is 1. The first kappa shape index (κ1) is 16.4. The van der Waals surface area contributed by atoms with Crippen LogP contribution in [0.5, 0.6) is 11.5 Å². The fourth-order valence-corrected chi connectivity index (χ4v) is 2.72. The number of likely N-dealkylation sites (N-methyl/N-ethyl adjacent to an activating group) is 1. The number of hydrogen-bond donors (Lipinski definition) is 1. The summed E-state index contributed by atoms with van der Waals surface area (Å²) in [5, 5.41) is 2.94. The number of amides is 1. The van der Waals surface area contributed by atoms with Crippen LogP contribution in [-0.4, -0.2) is 43.7 Å². The summed E-state index contributed by atoms with van der Waals surface area (Å²) in [4.78, 5) is 14.5. The minimum Gasteiger partial charge on any atom is -0.482 e. The van der Waals surface area contributed by atoms with Gasteiger partial charge in [-0.3, -0.25) is 9.69 Å². The van der Waals surface area contributed by atoms with Crippen molar-refractivity contribution in [3.63, 3.8) is 0 Å². The molecule has 1 aliphatic rings. The van der Waals surface area contributed by atoms with Gasteiger partial charge in [-0.05, 0) is 45.3 Å². The van der Waals surface area contributed by atoms with Gasteiger partial charge in [-0.15, -0.1) is 0 Å². The Morgan fingerprint density at radius 1 is 1.17 bits per heavy atom. The number of rotatable bonds is 5. The molecule has 1 amide bonds. The zero-order chi connectivity index (χ0) is 17.1. The van der Waals surface area contributed by atoms with E-state index in [1.165, 1.54) is 0 Å². The number of para-hydroxylation sites is 2. The van der Waals surface area contributed by atoms with Crippen molar-refractivity contribution in [3.05, 3.63) is 48.4 Å². The van der Waals surface area contributed by atoms with Crippen LogP contribution < -0.4 is 14.8 Å². The molecule has 1 aromatic heterocycles. The molecule has 0 spiro atoms. The maximum Gasteiger partial charge on any atom is 0.265 e. The monoisotopic (exact) mass is 330 g/mol. The SMILES string of the molecule is C[C@@H]1Oc2ccccc2O[C@H]1C(=O)NC[C@H](c1ccco1)N(C)C. The molecule has 2 heterocycles. The Bertz CT molecular complexity index is 684. The van der Waals surface area contributed by atoms with Crippen molar-refractivity contribution < 1.29 is 18.7 Å². The average molecular weight is 330 g/mol. The summed E-state index contributed by atoms with van der Waals surface area (Å²) in [6.45, 7) is 2.25. The third kappa shape index (κ3) is 3.38. The summed E-state index contributed by atoms with van der Waals surface area (Å²) in [7, 11) is 3.89. The molecule has 1 aliphatic heterocycles. The van der Waals surface area contributed by atoms with Gasteiger partial charge in [0.15, 0.2) is 11.5 Å². The fourth-order valence-electron chi connectivity index (χ4n) is 2.72. The number of ether oxygens (including phenoxy) is 2. The van der Waals surface area contributed by atoms with Gasteiger partial charge in [-0.25, -0.2) is 0 Å². The Morgan fingerprint density at radius 2 is 1.88 bits per heavy atom. The summed E-state index contributed by atoms with van der Waals surface area (Å²) in [6.07, 6.45) is 0.589. The molecule has 24 heavy (non-hydrogen) atoms. The summed E-state index contributed by atoms with van der Waals surface area (Å²) >= 11 is 0. The van der Waals surface area contributed by atoms with E-state index in [1.54, 1.807) is 12.3 Å². The second-order valence-corrected chi connectivity index (χ2v) is 6.05. The van der Waals surface area contributed by atoms with Crippen LogP contribution in [0.2, 0.25) is 0 Å². The van der Waals surface area contributed by atoms with Gasteiger partial charge < -0.3 is 19.2 Å². The molecule has 0 saturated carbocycles. The highest BCUT2D eigenvalue weighted by atomic mass is 16.6. The van der Waals surface area contributed by atoms with Gasteiger partial charge in [0.1, 0.15) is 11.9 Å². The van der Waals surface area contributed by atoms with E-state index in [0.717, 1.165) is 5.76 Å². The van der Waals surface area contributed by atoms with E-state index in [4.69, 9.17) is 13.9 Å². The van der Waals surface area contributed by atoms with Crippen molar-refractivity contribution in [3.8, 4) is 11.5 Å². The largest absolute Gasteiger partial charge is 0.482 e. The lowest BCUT2D eigenvalue weighted by atomic mass is 10.1. The number of furan rings is 1. The number of carbonyl (C=O) groups is 1. The molecule has 0 fully saturated rings. The van der Waals surface area contributed by atoms with Crippen molar-refractivity contribution in [1.82, 2.24) is 10.2 Å². The lowest BCUT2D eigenvalue weighted by Crippen LogP contribution is -2.50. The average Bonchev–Trinajstić information content (AvgIpc) is 3.08. The second-order valence-electron chi connectivity index (χ2n) is 6.05. The standard InChI is InChI=1S/C18H22N2O4/c1-12-17(24-16-8-5-4-7-15(16)23-12)18(21)19-11-13(20(2)3)14-9-6-10-22-14/h4-10,12-13,17H,11H2,1-3H3,(H,19,21)/t12-,13+,17+/m0/s1. The molecule has 6 heteroatoms. The van der Waals surface area contributed by atoms with Gasteiger partial charge in [-0.1, -0.05) is 12.1 Å². The molecule has 128 valence electrons. The van der Waals surface area contributed by atoms with Crippen molar-refractivity contribution in [2.75, 3.05) is 20.6 Å². The lowest BCUT2D eigenvalue weighted by Gasteiger charge is -2.31. The van der Waals surface area contributed by atoms with E-state index >= 15 is 0 Å². The zero-order valence-corrected chi connectivity index (χ0v) is 14.1. The van der Waals surface area contributed by atoms with Crippen LogP contribution in [0.4, 0.5) is 0 Å². The van der Waals surface area contributed by atoms with Crippen LogP contribution in [0.25, 0.3) is 0 Å². The molecule has 0 radical (unpaired) electrons. The Morgan fingerprint density at radius 3 is 2.50 bits per heavy atom.